The van der Waals surface area contributed by atoms with Gasteiger partial charge in [0.2, 0.25) is 0 Å². The molecule has 1 saturated heterocycles. The van der Waals surface area contributed by atoms with Crippen LogP contribution in [0.15, 0.2) is 30.5 Å². The highest BCUT2D eigenvalue weighted by Crippen LogP contribution is 2.18. The van der Waals surface area contributed by atoms with Crippen molar-refractivity contribution >= 4 is 40.9 Å². The van der Waals surface area contributed by atoms with Gasteiger partial charge < -0.3 is 9.72 Å². The number of nitrogens with one attached hydrogen (secondary N) is 4. The summed E-state index contributed by atoms with van der Waals surface area (Å²) in [7, 11) is 0. The maximum atomic E-state index is 12.5. The van der Waals surface area contributed by atoms with E-state index in [1.165, 1.54) is 6.21 Å². The molecular formula is C19H21N4O5+. The van der Waals surface area contributed by atoms with Crippen molar-refractivity contribution in [3.8, 4) is 0 Å². The van der Waals surface area contributed by atoms with Crippen LogP contribution in [0.5, 0.6) is 0 Å². The van der Waals surface area contributed by atoms with Crippen molar-refractivity contribution in [1.29, 1.82) is 0 Å². The minimum atomic E-state index is -1.24. The average molecular weight is 385 g/mol. The number of rotatable bonds is 6. The van der Waals surface area contributed by atoms with Gasteiger partial charge in [-0.1, -0.05) is 18.2 Å². The zero-order valence-electron chi connectivity index (χ0n) is 15.4. The maximum absolute atomic E-state index is 12.5. The van der Waals surface area contributed by atoms with E-state index >= 15 is 0 Å². The smallest absolute Gasteiger partial charge is 0.375 e. The highest BCUT2D eigenvalue weighted by Gasteiger charge is 2.36. The molecule has 1 unspecified atom stereocenters. The van der Waals surface area contributed by atoms with E-state index in [2.05, 4.69) is 9.98 Å². The maximum Gasteiger partial charge on any atom is 0.375 e. The number of hydrogen-bond acceptors (Lipinski definition) is 5. The van der Waals surface area contributed by atoms with Crippen LogP contribution in [0.4, 0.5) is 4.79 Å². The van der Waals surface area contributed by atoms with Gasteiger partial charge in [-0.05, 0) is 25.5 Å². The molecule has 4 N–H and O–H groups in total. The number of hydrogen-bond donors (Lipinski definition) is 4. The fraction of sp³-hybridized carbons (Fsp3) is 0.316. The predicted molar refractivity (Wildman–Crippen MR) is 99.2 cm³/mol. The number of benzene rings is 1. The second-order valence-corrected chi connectivity index (χ2v) is 6.72. The molecule has 2 heterocycles. The lowest BCUT2D eigenvalue weighted by Gasteiger charge is -2.16. The predicted octanol–water partition coefficient (Wildman–Crippen LogP) is -0.836. The molecule has 146 valence electrons. The van der Waals surface area contributed by atoms with Gasteiger partial charge in [-0.2, -0.15) is 0 Å². The van der Waals surface area contributed by atoms with Gasteiger partial charge in [0.1, 0.15) is 0 Å². The number of carbonyl (C=O) groups excluding carboxylic acids is 4. The topological polar surface area (TPSA) is 131 Å². The number of urea groups is 1. The standard InChI is InChI=1S/C19H20N4O5/c1-10(2)28-18(26)15(7-11-8-20-14-6-4-3-5-12(11)14)21-9-13-16(24)22-19(27)23-17(13)25/h3-6,8-10,13,15,20H,7H2,1-2H3,(H2,22,23,24,25,27)/p+1. The van der Waals surface area contributed by atoms with Crippen molar-refractivity contribution in [2.75, 3.05) is 0 Å². The summed E-state index contributed by atoms with van der Waals surface area (Å²) >= 11 is 0. The van der Waals surface area contributed by atoms with Crippen LogP contribution < -0.4 is 15.6 Å². The zero-order chi connectivity index (χ0) is 20.3. The van der Waals surface area contributed by atoms with Gasteiger partial charge in [-0.3, -0.25) is 20.2 Å². The third-order valence-electron chi connectivity index (χ3n) is 4.24. The second-order valence-electron chi connectivity index (χ2n) is 6.72. The number of fused-ring (bicyclic) bond motifs is 1. The van der Waals surface area contributed by atoms with Gasteiger partial charge in [-0.15, -0.1) is 0 Å². The molecular weight excluding hydrogens is 364 g/mol. The molecule has 9 heteroatoms. The summed E-state index contributed by atoms with van der Waals surface area (Å²) in [5, 5.41) is 4.99. The summed E-state index contributed by atoms with van der Waals surface area (Å²) in [6.07, 6.45) is 2.97. The van der Waals surface area contributed by atoms with E-state index in [1.54, 1.807) is 20.0 Å². The Labute approximate surface area is 160 Å². The van der Waals surface area contributed by atoms with Gasteiger partial charge in [0.05, 0.1) is 6.10 Å². The highest BCUT2D eigenvalue weighted by molar-refractivity contribution is 6.22. The van der Waals surface area contributed by atoms with E-state index in [0.717, 1.165) is 16.5 Å². The molecule has 9 nitrogen and oxygen atoms in total. The third-order valence-corrected chi connectivity index (χ3v) is 4.24. The second kappa shape index (κ2) is 8.03. The lowest BCUT2D eigenvalue weighted by molar-refractivity contribution is -0.487. The molecule has 1 aromatic carbocycles. The Kier molecular flexibility index (Phi) is 5.53. The number of carbonyl (C=O) groups is 4. The Hall–Kier alpha value is -3.49. The van der Waals surface area contributed by atoms with Gasteiger partial charge in [0.25, 0.3) is 17.9 Å². The van der Waals surface area contributed by atoms with Crippen molar-refractivity contribution in [2.45, 2.75) is 32.4 Å². The van der Waals surface area contributed by atoms with E-state index in [1.807, 2.05) is 34.9 Å². The summed E-state index contributed by atoms with van der Waals surface area (Å²) in [6.45, 7) is 3.47. The van der Waals surface area contributed by atoms with Crippen LogP contribution in [0, 0.1) is 5.92 Å². The normalized spacial score (nSPS) is 16.5. The molecule has 0 saturated carbocycles. The Morgan fingerprint density at radius 2 is 1.86 bits per heavy atom. The fourth-order valence-electron chi connectivity index (χ4n) is 2.94. The molecule has 0 bridgehead atoms. The van der Waals surface area contributed by atoms with Crippen molar-refractivity contribution in [1.82, 2.24) is 15.6 Å². The van der Waals surface area contributed by atoms with Crippen molar-refractivity contribution in [3.63, 3.8) is 0 Å². The summed E-state index contributed by atoms with van der Waals surface area (Å²) in [5.74, 6) is -3.27. The summed E-state index contributed by atoms with van der Waals surface area (Å²) < 4.78 is 5.30. The molecule has 28 heavy (non-hydrogen) atoms. The van der Waals surface area contributed by atoms with Crippen molar-refractivity contribution in [3.05, 3.63) is 36.0 Å². The van der Waals surface area contributed by atoms with Crippen molar-refractivity contribution < 1.29 is 28.9 Å². The number of ether oxygens (including phenoxy) is 1. The van der Waals surface area contributed by atoms with Crippen LogP contribution in [0.3, 0.4) is 0 Å². The van der Waals surface area contributed by atoms with E-state index in [4.69, 9.17) is 4.74 Å². The van der Waals surface area contributed by atoms with Crippen LogP contribution in [-0.4, -0.2) is 47.2 Å². The minimum Gasteiger partial charge on any atom is -0.458 e. The quantitative estimate of drug-likeness (QED) is 0.293. The summed E-state index contributed by atoms with van der Waals surface area (Å²) in [5.41, 5.74) is 1.82. The molecule has 1 aromatic heterocycles. The minimum absolute atomic E-state index is 0.279. The van der Waals surface area contributed by atoms with E-state index < -0.39 is 35.8 Å². The monoisotopic (exact) mass is 385 g/mol. The van der Waals surface area contributed by atoms with Crippen LogP contribution >= 0.6 is 0 Å². The van der Waals surface area contributed by atoms with Gasteiger partial charge in [0.15, 0.2) is 12.1 Å². The summed E-state index contributed by atoms with van der Waals surface area (Å²) in [4.78, 5) is 53.4. The first kappa shape index (κ1) is 19.3. The highest BCUT2D eigenvalue weighted by atomic mass is 16.5. The van der Waals surface area contributed by atoms with E-state index in [0.29, 0.717) is 0 Å². The molecule has 1 atom stereocenters. The molecule has 1 aliphatic rings. The van der Waals surface area contributed by atoms with Gasteiger partial charge in [0, 0.05) is 23.5 Å². The zero-order valence-corrected chi connectivity index (χ0v) is 15.4. The Morgan fingerprint density at radius 1 is 1.18 bits per heavy atom. The Balaban J connectivity index is 1.84. The molecule has 4 amide bonds. The number of aromatic amines is 1. The van der Waals surface area contributed by atoms with Gasteiger partial charge in [-0.25, -0.2) is 14.6 Å². The number of H-pyrrole nitrogens is 1. The van der Waals surface area contributed by atoms with Gasteiger partial charge >= 0.3 is 12.0 Å². The number of para-hydroxylation sites is 1. The molecule has 0 radical (unpaired) electrons. The molecule has 3 rings (SSSR count). The molecule has 0 aliphatic carbocycles. The van der Waals surface area contributed by atoms with Crippen molar-refractivity contribution in [2.24, 2.45) is 5.92 Å². The SMILES string of the molecule is CC(C)OC(=O)C(Cc1c[nH]c2ccccc12)[NH+]=CC1C(=O)NC(=O)NC1=O. The van der Waals surface area contributed by atoms with E-state index in [9.17, 15) is 19.2 Å². The number of amides is 4. The Bertz CT molecular complexity index is 942. The Morgan fingerprint density at radius 3 is 2.54 bits per heavy atom. The largest absolute Gasteiger partial charge is 0.458 e. The first-order valence-corrected chi connectivity index (χ1v) is 8.85. The lowest BCUT2D eigenvalue weighted by Crippen LogP contribution is -2.82. The number of esters is 1. The average Bonchev–Trinajstić information content (AvgIpc) is 3.02. The third kappa shape index (κ3) is 4.25. The number of aromatic nitrogens is 1. The number of barbiturate groups is 1. The molecule has 1 aliphatic heterocycles. The first-order chi connectivity index (χ1) is 13.3. The first-order valence-electron chi connectivity index (χ1n) is 8.85. The van der Waals surface area contributed by atoms with Crippen LogP contribution in [0.2, 0.25) is 0 Å². The summed E-state index contributed by atoms with van der Waals surface area (Å²) in [6, 6.07) is 5.97. The molecule has 0 spiro atoms. The molecule has 1 fully saturated rings. The van der Waals surface area contributed by atoms with Crippen LogP contribution in [0.1, 0.15) is 19.4 Å². The fourth-order valence-corrected chi connectivity index (χ4v) is 2.94. The number of imide groups is 2. The lowest BCUT2D eigenvalue weighted by atomic mass is 10.0. The van der Waals surface area contributed by atoms with Crippen LogP contribution in [-0.2, 0) is 25.5 Å². The van der Waals surface area contributed by atoms with E-state index in [-0.39, 0.29) is 12.5 Å². The molecule has 2 aromatic rings. The van der Waals surface area contributed by atoms with Crippen LogP contribution in [0.25, 0.3) is 10.9 Å².